The van der Waals surface area contributed by atoms with E-state index in [0.717, 1.165) is 0 Å². The fourth-order valence-electron chi connectivity index (χ4n) is 5.41. The smallest absolute Gasteiger partial charge is 0.335 e. The monoisotopic (exact) mass is 680 g/mol. The maximum absolute atomic E-state index is 12.1. The van der Waals surface area contributed by atoms with Crippen molar-refractivity contribution in [2.45, 2.75) is 123 Å². The second kappa shape index (κ2) is 15.5. The number of rotatable bonds is 10. The summed E-state index contributed by atoms with van der Waals surface area (Å²) in [6.07, 6.45) is -37.9. The predicted molar refractivity (Wildman–Crippen MR) is 134 cm³/mol. The Hall–Kier alpha value is -1.33. The van der Waals surface area contributed by atoms with Crippen molar-refractivity contribution >= 4 is 5.97 Å². The molecule has 22 heteroatoms. The molecule has 4 heterocycles. The number of carbonyl (C=O) groups is 1. The molecule has 4 aliphatic heterocycles. The van der Waals surface area contributed by atoms with Crippen molar-refractivity contribution in [1.82, 2.24) is 0 Å². The van der Waals surface area contributed by atoms with E-state index in [9.17, 15) is 76.3 Å². The van der Waals surface area contributed by atoms with Crippen LogP contribution in [-0.4, -0.2) is 220 Å². The summed E-state index contributed by atoms with van der Waals surface area (Å²) in [7, 11) is 0. The van der Waals surface area contributed by atoms with Crippen LogP contribution in [0.25, 0.3) is 0 Å². The third-order valence-electron chi connectivity index (χ3n) is 8.15. The number of hydrogen-bond donors (Lipinski definition) is 14. The second-order valence-electron chi connectivity index (χ2n) is 11.2. The molecule has 0 amide bonds. The van der Waals surface area contributed by atoms with Gasteiger partial charge in [-0.15, -0.1) is 0 Å². The van der Waals surface area contributed by atoms with E-state index in [1.165, 1.54) is 0 Å². The van der Waals surface area contributed by atoms with Gasteiger partial charge in [-0.1, -0.05) is 0 Å². The van der Waals surface area contributed by atoms with Crippen LogP contribution in [0.15, 0.2) is 0 Å². The number of carboxylic acid groups (broad SMARTS) is 1. The van der Waals surface area contributed by atoms with Crippen molar-refractivity contribution < 1.29 is 109 Å². The van der Waals surface area contributed by atoms with Crippen molar-refractivity contribution in [2.75, 3.05) is 19.8 Å². The van der Waals surface area contributed by atoms with Crippen molar-refractivity contribution in [1.29, 1.82) is 0 Å². The fourth-order valence-corrected chi connectivity index (χ4v) is 5.41. The molecule has 0 radical (unpaired) electrons. The summed E-state index contributed by atoms with van der Waals surface area (Å²) >= 11 is 0. The van der Waals surface area contributed by atoms with Gasteiger partial charge in [0.05, 0.1) is 19.8 Å². The van der Waals surface area contributed by atoms with Crippen LogP contribution < -0.4 is 0 Å². The summed E-state index contributed by atoms with van der Waals surface area (Å²) < 4.78 is 36.9. The van der Waals surface area contributed by atoms with E-state index < -0.39 is 149 Å². The summed E-state index contributed by atoms with van der Waals surface area (Å²) in [5, 5.41) is 141. The van der Waals surface area contributed by atoms with E-state index in [4.69, 9.17) is 33.2 Å². The topological polar surface area (TPSA) is 365 Å². The molecule has 0 saturated carbocycles. The summed E-state index contributed by atoms with van der Waals surface area (Å²) in [5.41, 5.74) is 0. The highest BCUT2D eigenvalue weighted by Crippen LogP contribution is 2.33. The first-order valence-corrected chi connectivity index (χ1v) is 14.1. The number of aliphatic hydroxyl groups is 13. The Bertz CT molecular complexity index is 988. The lowest BCUT2D eigenvalue weighted by Crippen LogP contribution is -2.67. The quantitative estimate of drug-likeness (QED) is 0.102. The van der Waals surface area contributed by atoms with E-state index in [2.05, 4.69) is 0 Å². The zero-order valence-corrected chi connectivity index (χ0v) is 23.7. The minimum absolute atomic E-state index is 0.753. The number of hydrogen-bond acceptors (Lipinski definition) is 21. The number of aliphatic carboxylic acids is 1. The van der Waals surface area contributed by atoms with Crippen LogP contribution in [-0.2, 0) is 38.0 Å². The number of carboxylic acids is 1. The normalized spacial score (nSPS) is 51.9. The SMILES string of the molecule is O=C(O)[C@H]1O[C@@H](O[C@@H]2[C@H](O)[C@@H](O)C(O)O[C@@H]2CO)[C@H](O)[C@@H](O)[C@@H]1O[C@H]1O[C@H](CO[C@@H]2O[C@H](CO)[C@@H](O)[C@H](O)[C@H]2O)[C@H](O)[C@H](O)[C@H]1O. The van der Waals surface area contributed by atoms with Gasteiger partial charge in [0.15, 0.2) is 31.3 Å². The third kappa shape index (κ3) is 7.46. The number of aliphatic hydroxyl groups excluding tert-OH is 13. The molecular formula is C24H40O22. The van der Waals surface area contributed by atoms with Crippen LogP contribution in [0.4, 0.5) is 0 Å². The van der Waals surface area contributed by atoms with Crippen LogP contribution in [0.3, 0.4) is 0 Å². The molecule has 0 aromatic carbocycles. The molecule has 1 unspecified atom stereocenters. The van der Waals surface area contributed by atoms with Gasteiger partial charge in [-0.25, -0.2) is 4.79 Å². The Morgan fingerprint density at radius 3 is 1.57 bits per heavy atom. The molecule has 14 N–H and O–H groups in total. The summed E-state index contributed by atoms with van der Waals surface area (Å²) in [6.45, 7) is -2.40. The molecular weight excluding hydrogens is 640 g/mol. The van der Waals surface area contributed by atoms with Crippen LogP contribution >= 0.6 is 0 Å². The van der Waals surface area contributed by atoms with Gasteiger partial charge in [-0.05, 0) is 0 Å². The first-order valence-electron chi connectivity index (χ1n) is 14.1. The van der Waals surface area contributed by atoms with Gasteiger partial charge in [0.25, 0.3) is 0 Å². The molecule has 0 bridgehead atoms. The Morgan fingerprint density at radius 1 is 0.500 bits per heavy atom. The van der Waals surface area contributed by atoms with E-state index in [1.54, 1.807) is 0 Å². The first kappa shape index (κ1) is 37.5. The summed E-state index contributed by atoms with van der Waals surface area (Å²) in [4.78, 5) is 12.1. The van der Waals surface area contributed by atoms with Crippen LogP contribution in [0, 0.1) is 0 Å². The van der Waals surface area contributed by atoms with Gasteiger partial charge >= 0.3 is 5.97 Å². The predicted octanol–water partition coefficient (Wildman–Crippen LogP) is -9.66. The van der Waals surface area contributed by atoms with Gasteiger partial charge in [0, 0.05) is 0 Å². The van der Waals surface area contributed by atoms with Crippen molar-refractivity contribution in [3.05, 3.63) is 0 Å². The van der Waals surface area contributed by atoms with E-state index in [1.807, 2.05) is 0 Å². The molecule has 20 atom stereocenters. The Balaban J connectivity index is 1.45. The fraction of sp³-hybridized carbons (Fsp3) is 0.958. The van der Waals surface area contributed by atoms with Crippen molar-refractivity contribution in [3.8, 4) is 0 Å². The van der Waals surface area contributed by atoms with Gasteiger partial charge in [-0.3, -0.25) is 0 Å². The molecule has 4 saturated heterocycles. The van der Waals surface area contributed by atoms with E-state index in [-0.39, 0.29) is 0 Å². The minimum Gasteiger partial charge on any atom is -0.479 e. The lowest BCUT2D eigenvalue weighted by Gasteiger charge is -2.47. The third-order valence-corrected chi connectivity index (χ3v) is 8.15. The average Bonchev–Trinajstić information content (AvgIpc) is 3.03. The molecule has 0 aliphatic carbocycles. The zero-order valence-electron chi connectivity index (χ0n) is 23.7. The van der Waals surface area contributed by atoms with Crippen LogP contribution in [0.5, 0.6) is 0 Å². The van der Waals surface area contributed by atoms with Gasteiger partial charge in [0.1, 0.15) is 91.6 Å². The highest BCUT2D eigenvalue weighted by molar-refractivity contribution is 5.73. The molecule has 22 nitrogen and oxygen atoms in total. The maximum Gasteiger partial charge on any atom is 0.335 e. The zero-order chi connectivity index (χ0) is 34.2. The first-order chi connectivity index (χ1) is 21.6. The highest BCUT2D eigenvalue weighted by atomic mass is 16.8. The molecule has 4 aliphatic rings. The molecule has 0 aromatic rings. The Morgan fingerprint density at radius 2 is 0.978 bits per heavy atom. The van der Waals surface area contributed by atoms with Crippen molar-refractivity contribution in [2.24, 2.45) is 0 Å². The maximum atomic E-state index is 12.1. The second-order valence-corrected chi connectivity index (χ2v) is 11.2. The van der Waals surface area contributed by atoms with E-state index in [0.29, 0.717) is 0 Å². The summed E-state index contributed by atoms with van der Waals surface area (Å²) in [5.74, 6) is -1.81. The molecule has 0 aromatic heterocycles. The molecule has 268 valence electrons. The molecule has 4 fully saturated rings. The van der Waals surface area contributed by atoms with Gasteiger partial charge < -0.3 is 105 Å². The highest BCUT2D eigenvalue weighted by Gasteiger charge is 2.55. The molecule has 0 spiro atoms. The summed E-state index contributed by atoms with van der Waals surface area (Å²) in [6, 6.07) is 0. The number of ether oxygens (including phenoxy) is 7. The lowest BCUT2D eigenvalue weighted by molar-refractivity contribution is -0.375. The standard InChI is InChI=1S/C24H40O22/c25-1-4-7(27)9(29)14(34)22(42-4)40-3-6-8(28)10(30)15(35)23(43-6)45-18-12(32)16(36)24(46-19(18)20(37)38)44-17-5(2-26)41-21(39)13(33)11(17)31/h4-19,21-36,39H,1-3H2,(H,37,38)/t4-,5-,6-,7-,8+,9+,10+,11-,12-,13-,14-,15-,16-,17+,18+,19+,21?,22-,23-,24-/m1/s1. The van der Waals surface area contributed by atoms with Crippen LogP contribution in [0.2, 0.25) is 0 Å². The Labute approximate surface area is 258 Å². The Kier molecular flexibility index (Phi) is 12.6. The average molecular weight is 681 g/mol. The van der Waals surface area contributed by atoms with Crippen LogP contribution in [0.1, 0.15) is 0 Å². The molecule has 46 heavy (non-hydrogen) atoms. The lowest BCUT2D eigenvalue weighted by atomic mass is 9.96. The van der Waals surface area contributed by atoms with E-state index >= 15 is 0 Å². The van der Waals surface area contributed by atoms with Crippen molar-refractivity contribution in [3.63, 3.8) is 0 Å². The van der Waals surface area contributed by atoms with Gasteiger partial charge in [-0.2, -0.15) is 0 Å². The van der Waals surface area contributed by atoms with Gasteiger partial charge in [0.2, 0.25) is 0 Å². The molecule has 4 rings (SSSR count). The largest absolute Gasteiger partial charge is 0.479 e. The minimum atomic E-state index is -2.21.